The molecule has 1 aromatic carbocycles. The highest BCUT2D eigenvalue weighted by atomic mass is 16.7. The molecule has 0 aliphatic carbocycles. The number of piperidine rings is 1. The van der Waals surface area contributed by atoms with Gasteiger partial charge in [0.25, 0.3) is 5.91 Å². The van der Waals surface area contributed by atoms with Crippen molar-refractivity contribution < 1.29 is 19.0 Å². The summed E-state index contributed by atoms with van der Waals surface area (Å²) in [7, 11) is 1.63. The predicted octanol–water partition coefficient (Wildman–Crippen LogP) is 2.46. The van der Waals surface area contributed by atoms with Crippen LogP contribution in [0.2, 0.25) is 0 Å². The number of likely N-dealkylation sites (tertiary alicyclic amines) is 1. The zero-order valence-corrected chi connectivity index (χ0v) is 14.1. The number of rotatable bonds is 2. The van der Waals surface area contributed by atoms with E-state index in [1.165, 1.54) is 0 Å². The fourth-order valence-electron chi connectivity index (χ4n) is 3.78. The van der Waals surface area contributed by atoms with Crippen molar-refractivity contribution in [3.05, 3.63) is 29.5 Å². The molecule has 0 unspecified atom stereocenters. The number of hydrogen-bond acceptors (Lipinski definition) is 4. The smallest absolute Gasteiger partial charge is 0.256 e. The number of aromatic amines is 1. The lowest BCUT2D eigenvalue weighted by molar-refractivity contribution is -0.181. The van der Waals surface area contributed by atoms with Crippen LogP contribution in [0.3, 0.4) is 0 Å². The molecule has 4 rings (SSSR count). The number of nitrogens with zero attached hydrogens (tertiary/aromatic N) is 1. The van der Waals surface area contributed by atoms with Crippen LogP contribution < -0.4 is 4.74 Å². The van der Waals surface area contributed by atoms with E-state index in [2.05, 4.69) is 4.98 Å². The van der Waals surface area contributed by atoms with E-state index in [-0.39, 0.29) is 5.91 Å². The maximum atomic E-state index is 13.1. The molecule has 6 nitrogen and oxygen atoms in total. The zero-order chi connectivity index (χ0) is 16.7. The van der Waals surface area contributed by atoms with Crippen molar-refractivity contribution in [1.82, 2.24) is 9.88 Å². The Morgan fingerprint density at radius 3 is 2.62 bits per heavy atom. The molecule has 24 heavy (non-hydrogen) atoms. The Bertz CT molecular complexity index is 767. The number of ether oxygens (including phenoxy) is 3. The van der Waals surface area contributed by atoms with E-state index in [1.807, 2.05) is 30.0 Å². The summed E-state index contributed by atoms with van der Waals surface area (Å²) >= 11 is 0. The Morgan fingerprint density at radius 2 is 1.96 bits per heavy atom. The zero-order valence-electron chi connectivity index (χ0n) is 14.1. The molecule has 2 fully saturated rings. The van der Waals surface area contributed by atoms with E-state index in [0.29, 0.717) is 31.9 Å². The minimum atomic E-state index is -0.469. The third kappa shape index (κ3) is 2.37. The molecule has 0 radical (unpaired) electrons. The van der Waals surface area contributed by atoms with Gasteiger partial charge >= 0.3 is 0 Å². The lowest BCUT2D eigenvalue weighted by Gasteiger charge is -2.37. The molecule has 2 saturated heterocycles. The van der Waals surface area contributed by atoms with Crippen LogP contribution in [-0.2, 0) is 9.47 Å². The minimum absolute atomic E-state index is 0.0381. The van der Waals surface area contributed by atoms with Crippen LogP contribution in [0, 0.1) is 6.92 Å². The Balaban J connectivity index is 1.63. The van der Waals surface area contributed by atoms with Gasteiger partial charge in [0.1, 0.15) is 5.75 Å². The summed E-state index contributed by atoms with van der Waals surface area (Å²) in [6.07, 6.45) is 1.44. The fraction of sp³-hybridized carbons (Fsp3) is 0.500. The number of methoxy groups -OCH3 is 1. The van der Waals surface area contributed by atoms with Crippen LogP contribution in [0.4, 0.5) is 0 Å². The number of fused-ring (bicyclic) bond motifs is 1. The van der Waals surface area contributed by atoms with Crippen LogP contribution in [0.1, 0.15) is 28.9 Å². The molecule has 2 aliphatic rings. The van der Waals surface area contributed by atoms with Crippen LogP contribution in [0.25, 0.3) is 10.9 Å². The molecule has 0 saturated carbocycles. The summed E-state index contributed by atoms with van der Waals surface area (Å²) in [5, 5.41) is 0.858. The molecule has 1 amide bonds. The number of amides is 1. The minimum Gasteiger partial charge on any atom is -0.496 e. The first-order valence-electron chi connectivity index (χ1n) is 8.36. The first-order valence-corrected chi connectivity index (χ1v) is 8.36. The Hall–Kier alpha value is -2.05. The lowest BCUT2D eigenvalue weighted by Crippen LogP contribution is -2.47. The Labute approximate surface area is 140 Å². The highest BCUT2D eigenvalue weighted by molar-refractivity contribution is 6.10. The number of aromatic nitrogens is 1. The van der Waals surface area contributed by atoms with Gasteiger partial charge in [-0.05, 0) is 19.1 Å². The standard InChI is InChI=1S/C18H22N2O4/c1-12-15(16-13(19-12)4-3-5-14(16)22-2)17(21)20-8-6-18(7-9-20)23-10-11-24-18/h3-5,19H,6-11H2,1-2H3. The third-order valence-electron chi connectivity index (χ3n) is 5.03. The SMILES string of the molecule is COc1cccc2[nH]c(C)c(C(=O)N3CCC4(CC3)OCCO4)c12. The molecule has 1 N–H and O–H groups in total. The average Bonchev–Trinajstić information content (AvgIpc) is 3.18. The van der Waals surface area contributed by atoms with E-state index in [0.717, 1.165) is 35.2 Å². The molecular weight excluding hydrogens is 308 g/mol. The molecule has 0 bridgehead atoms. The van der Waals surface area contributed by atoms with Gasteiger partial charge in [-0.3, -0.25) is 4.79 Å². The molecular formula is C18H22N2O4. The van der Waals surface area contributed by atoms with Crippen molar-refractivity contribution in [3.8, 4) is 5.75 Å². The summed E-state index contributed by atoms with van der Waals surface area (Å²) in [5.74, 6) is 0.288. The summed E-state index contributed by atoms with van der Waals surface area (Å²) in [6, 6.07) is 5.77. The highest BCUT2D eigenvalue weighted by Gasteiger charge is 2.41. The van der Waals surface area contributed by atoms with Gasteiger partial charge in [-0.1, -0.05) is 6.07 Å². The van der Waals surface area contributed by atoms with Crippen molar-refractivity contribution >= 4 is 16.8 Å². The van der Waals surface area contributed by atoms with Gasteiger partial charge in [0.15, 0.2) is 5.79 Å². The van der Waals surface area contributed by atoms with Crippen molar-refractivity contribution in [3.63, 3.8) is 0 Å². The van der Waals surface area contributed by atoms with Gasteiger partial charge in [0.2, 0.25) is 0 Å². The average molecular weight is 330 g/mol. The number of H-pyrrole nitrogens is 1. The number of aryl methyl sites for hydroxylation is 1. The van der Waals surface area contributed by atoms with Gasteiger partial charge in [-0.15, -0.1) is 0 Å². The summed E-state index contributed by atoms with van der Waals surface area (Å²) in [6.45, 7) is 4.50. The first-order chi connectivity index (χ1) is 11.6. The summed E-state index contributed by atoms with van der Waals surface area (Å²) in [5.41, 5.74) is 2.49. The van der Waals surface area contributed by atoms with E-state index in [4.69, 9.17) is 14.2 Å². The predicted molar refractivity (Wildman–Crippen MR) is 89.4 cm³/mol. The molecule has 1 spiro atoms. The quantitative estimate of drug-likeness (QED) is 0.919. The van der Waals surface area contributed by atoms with E-state index >= 15 is 0 Å². The van der Waals surface area contributed by atoms with Gasteiger partial charge < -0.3 is 24.1 Å². The van der Waals surface area contributed by atoms with Gasteiger partial charge in [-0.25, -0.2) is 0 Å². The van der Waals surface area contributed by atoms with Crippen molar-refractivity contribution in [2.75, 3.05) is 33.4 Å². The summed E-state index contributed by atoms with van der Waals surface area (Å²) in [4.78, 5) is 18.3. The van der Waals surface area contributed by atoms with Crippen LogP contribution in [-0.4, -0.2) is 55.0 Å². The number of hydrogen-bond donors (Lipinski definition) is 1. The van der Waals surface area contributed by atoms with Gasteiger partial charge in [0.05, 0.1) is 36.8 Å². The molecule has 3 heterocycles. The second-order valence-electron chi connectivity index (χ2n) is 6.41. The van der Waals surface area contributed by atoms with E-state index < -0.39 is 5.79 Å². The van der Waals surface area contributed by atoms with Crippen LogP contribution in [0.15, 0.2) is 18.2 Å². The number of carbonyl (C=O) groups is 1. The third-order valence-corrected chi connectivity index (χ3v) is 5.03. The maximum absolute atomic E-state index is 13.1. The van der Waals surface area contributed by atoms with Crippen molar-refractivity contribution in [2.45, 2.75) is 25.6 Å². The second kappa shape index (κ2) is 5.79. The topological polar surface area (TPSA) is 63.8 Å². The molecule has 2 aliphatic heterocycles. The van der Waals surface area contributed by atoms with E-state index in [9.17, 15) is 4.79 Å². The number of carbonyl (C=O) groups excluding carboxylic acids is 1. The Kier molecular flexibility index (Phi) is 3.73. The number of nitrogens with one attached hydrogen (secondary N) is 1. The monoisotopic (exact) mass is 330 g/mol. The van der Waals surface area contributed by atoms with Gasteiger partial charge in [0, 0.05) is 31.6 Å². The summed E-state index contributed by atoms with van der Waals surface area (Å²) < 4.78 is 17.0. The Morgan fingerprint density at radius 1 is 1.25 bits per heavy atom. The second-order valence-corrected chi connectivity index (χ2v) is 6.41. The normalized spacial score (nSPS) is 20.0. The molecule has 0 atom stereocenters. The van der Waals surface area contributed by atoms with Gasteiger partial charge in [-0.2, -0.15) is 0 Å². The van der Waals surface area contributed by atoms with Crippen molar-refractivity contribution in [1.29, 1.82) is 0 Å². The molecule has 6 heteroatoms. The van der Waals surface area contributed by atoms with Crippen LogP contribution >= 0.6 is 0 Å². The van der Waals surface area contributed by atoms with E-state index in [1.54, 1.807) is 7.11 Å². The first kappa shape index (κ1) is 15.5. The number of benzene rings is 1. The van der Waals surface area contributed by atoms with Crippen LogP contribution in [0.5, 0.6) is 5.75 Å². The molecule has 128 valence electrons. The molecule has 2 aromatic rings. The maximum Gasteiger partial charge on any atom is 0.256 e. The largest absolute Gasteiger partial charge is 0.496 e. The lowest BCUT2D eigenvalue weighted by atomic mass is 10.0. The molecule has 1 aromatic heterocycles. The highest BCUT2D eigenvalue weighted by Crippen LogP contribution is 2.35. The fourth-order valence-corrected chi connectivity index (χ4v) is 3.78. The van der Waals surface area contributed by atoms with Crippen molar-refractivity contribution in [2.24, 2.45) is 0 Å².